The first-order chi connectivity index (χ1) is 7.29. The van der Waals surface area contributed by atoms with Gasteiger partial charge in [-0.15, -0.1) is 0 Å². The van der Waals surface area contributed by atoms with Crippen molar-refractivity contribution in [2.75, 3.05) is 31.2 Å². The van der Waals surface area contributed by atoms with Crippen molar-refractivity contribution in [2.45, 2.75) is 0 Å². The van der Waals surface area contributed by atoms with Crippen LogP contribution in [0.3, 0.4) is 0 Å². The van der Waals surface area contributed by atoms with E-state index in [0.717, 1.165) is 37.7 Å². The van der Waals surface area contributed by atoms with Gasteiger partial charge in [0.05, 0.1) is 18.8 Å². The minimum absolute atomic E-state index is 0.393. The van der Waals surface area contributed by atoms with E-state index in [1.165, 1.54) is 0 Å². The molecule has 0 aromatic carbocycles. The molecule has 15 heavy (non-hydrogen) atoms. The predicted octanol–water partition coefficient (Wildman–Crippen LogP) is 0.552. The van der Waals surface area contributed by atoms with Crippen LogP contribution in [-0.4, -0.2) is 36.3 Å². The maximum absolute atomic E-state index is 5.65. The van der Waals surface area contributed by atoms with E-state index in [2.05, 4.69) is 9.88 Å². The molecule has 0 spiro atoms. The van der Waals surface area contributed by atoms with Crippen molar-refractivity contribution in [1.82, 2.24) is 4.98 Å². The van der Waals surface area contributed by atoms with Gasteiger partial charge < -0.3 is 15.4 Å². The number of morpholine rings is 1. The number of aromatic nitrogens is 1. The molecule has 80 valence electrons. The van der Waals surface area contributed by atoms with Crippen LogP contribution >= 0.6 is 12.2 Å². The van der Waals surface area contributed by atoms with Crippen molar-refractivity contribution in [3.63, 3.8) is 0 Å². The van der Waals surface area contributed by atoms with Gasteiger partial charge in [-0.05, 0) is 12.1 Å². The summed E-state index contributed by atoms with van der Waals surface area (Å²) in [7, 11) is 0. The first kappa shape index (κ1) is 10.3. The fourth-order valence-corrected chi connectivity index (χ4v) is 1.78. The number of anilines is 1. The Kier molecular flexibility index (Phi) is 3.13. The van der Waals surface area contributed by atoms with Crippen molar-refractivity contribution in [3.8, 4) is 0 Å². The molecule has 1 aromatic heterocycles. The predicted molar refractivity (Wildman–Crippen MR) is 63.2 cm³/mol. The monoisotopic (exact) mass is 223 g/mol. The number of rotatable bonds is 2. The third-order valence-electron chi connectivity index (χ3n) is 2.36. The Balaban J connectivity index is 2.29. The molecule has 1 saturated heterocycles. The molecule has 2 heterocycles. The van der Waals surface area contributed by atoms with Crippen molar-refractivity contribution in [2.24, 2.45) is 5.73 Å². The van der Waals surface area contributed by atoms with Crippen LogP contribution in [0.4, 0.5) is 5.82 Å². The highest BCUT2D eigenvalue weighted by Gasteiger charge is 2.16. The standard InChI is InChI=1S/C10H13N3OS/c11-9(15)8-2-1-3-12-10(8)13-4-6-14-7-5-13/h1-3H,4-7H2,(H2,11,15). The summed E-state index contributed by atoms with van der Waals surface area (Å²) in [4.78, 5) is 6.87. The van der Waals surface area contributed by atoms with E-state index in [1.807, 2.05) is 12.1 Å². The third-order valence-corrected chi connectivity index (χ3v) is 2.58. The van der Waals surface area contributed by atoms with E-state index in [9.17, 15) is 0 Å². The summed E-state index contributed by atoms with van der Waals surface area (Å²) in [5.41, 5.74) is 6.50. The van der Waals surface area contributed by atoms with Crippen LogP contribution in [0, 0.1) is 0 Å². The number of ether oxygens (including phenoxy) is 1. The SMILES string of the molecule is NC(=S)c1cccnc1N1CCOCC1. The number of hydrogen-bond acceptors (Lipinski definition) is 4. The third kappa shape index (κ3) is 2.24. The summed E-state index contributed by atoms with van der Waals surface area (Å²) < 4.78 is 5.29. The second-order valence-electron chi connectivity index (χ2n) is 3.34. The number of nitrogens with zero attached hydrogens (tertiary/aromatic N) is 2. The van der Waals surface area contributed by atoms with E-state index in [4.69, 9.17) is 22.7 Å². The van der Waals surface area contributed by atoms with Crippen LogP contribution in [0.25, 0.3) is 0 Å². The molecule has 0 bridgehead atoms. The van der Waals surface area contributed by atoms with Gasteiger partial charge in [0, 0.05) is 19.3 Å². The molecule has 2 N–H and O–H groups in total. The molecule has 2 rings (SSSR count). The van der Waals surface area contributed by atoms with E-state index in [-0.39, 0.29) is 0 Å². The van der Waals surface area contributed by atoms with Gasteiger partial charge in [0.2, 0.25) is 0 Å². The van der Waals surface area contributed by atoms with Crippen molar-refractivity contribution >= 4 is 23.0 Å². The van der Waals surface area contributed by atoms with Crippen LogP contribution in [-0.2, 0) is 4.74 Å². The summed E-state index contributed by atoms with van der Waals surface area (Å²) in [5.74, 6) is 0.869. The Morgan fingerprint density at radius 2 is 2.20 bits per heavy atom. The highest BCUT2D eigenvalue weighted by atomic mass is 32.1. The lowest BCUT2D eigenvalue weighted by molar-refractivity contribution is 0.122. The minimum Gasteiger partial charge on any atom is -0.389 e. The molecule has 0 radical (unpaired) electrons. The van der Waals surface area contributed by atoms with E-state index in [1.54, 1.807) is 6.20 Å². The quantitative estimate of drug-likeness (QED) is 0.742. The summed E-state index contributed by atoms with van der Waals surface area (Å²) >= 11 is 5.00. The molecule has 0 aliphatic carbocycles. The Bertz CT molecular complexity index is 363. The average Bonchev–Trinajstić information content (AvgIpc) is 2.30. The Morgan fingerprint density at radius 3 is 2.87 bits per heavy atom. The molecule has 1 aromatic rings. The first-order valence-electron chi connectivity index (χ1n) is 4.86. The smallest absolute Gasteiger partial charge is 0.138 e. The number of hydrogen-bond donors (Lipinski definition) is 1. The highest BCUT2D eigenvalue weighted by Crippen LogP contribution is 2.17. The van der Waals surface area contributed by atoms with Crippen LogP contribution < -0.4 is 10.6 Å². The maximum atomic E-state index is 5.65. The molecule has 4 nitrogen and oxygen atoms in total. The molecule has 1 aliphatic heterocycles. The highest BCUT2D eigenvalue weighted by molar-refractivity contribution is 7.80. The normalized spacial score (nSPS) is 16.4. The number of thiocarbonyl (C=S) groups is 1. The molecule has 1 fully saturated rings. The second kappa shape index (κ2) is 4.55. The van der Waals surface area contributed by atoms with Crippen molar-refractivity contribution in [1.29, 1.82) is 0 Å². The lowest BCUT2D eigenvalue weighted by atomic mass is 10.2. The van der Waals surface area contributed by atoms with Gasteiger partial charge in [-0.1, -0.05) is 12.2 Å². The lowest BCUT2D eigenvalue weighted by Crippen LogP contribution is -2.38. The van der Waals surface area contributed by atoms with Crippen LogP contribution in [0.1, 0.15) is 5.56 Å². The second-order valence-corrected chi connectivity index (χ2v) is 3.78. The fourth-order valence-electron chi connectivity index (χ4n) is 1.62. The van der Waals surface area contributed by atoms with Gasteiger partial charge in [-0.3, -0.25) is 0 Å². The van der Waals surface area contributed by atoms with Gasteiger partial charge in [-0.2, -0.15) is 0 Å². The topological polar surface area (TPSA) is 51.4 Å². The van der Waals surface area contributed by atoms with Gasteiger partial charge >= 0.3 is 0 Å². The minimum atomic E-state index is 0.393. The summed E-state index contributed by atoms with van der Waals surface area (Å²) in [6.07, 6.45) is 1.76. The van der Waals surface area contributed by atoms with Crippen LogP contribution in [0.2, 0.25) is 0 Å². The zero-order chi connectivity index (χ0) is 10.7. The average molecular weight is 223 g/mol. The maximum Gasteiger partial charge on any atom is 0.138 e. The zero-order valence-electron chi connectivity index (χ0n) is 8.35. The molecule has 5 heteroatoms. The Hall–Kier alpha value is -1.20. The molecular weight excluding hydrogens is 210 g/mol. The van der Waals surface area contributed by atoms with E-state index >= 15 is 0 Å². The van der Waals surface area contributed by atoms with Gasteiger partial charge in [0.1, 0.15) is 10.8 Å². The van der Waals surface area contributed by atoms with Gasteiger partial charge in [0.25, 0.3) is 0 Å². The Morgan fingerprint density at radius 1 is 1.47 bits per heavy atom. The van der Waals surface area contributed by atoms with Crippen LogP contribution in [0.5, 0.6) is 0 Å². The van der Waals surface area contributed by atoms with Crippen molar-refractivity contribution in [3.05, 3.63) is 23.9 Å². The van der Waals surface area contributed by atoms with E-state index in [0.29, 0.717) is 4.99 Å². The van der Waals surface area contributed by atoms with Gasteiger partial charge in [-0.25, -0.2) is 4.98 Å². The number of nitrogens with two attached hydrogens (primary N) is 1. The fraction of sp³-hybridized carbons (Fsp3) is 0.400. The molecular formula is C10H13N3OS. The van der Waals surface area contributed by atoms with Crippen LogP contribution in [0.15, 0.2) is 18.3 Å². The first-order valence-corrected chi connectivity index (χ1v) is 5.27. The number of pyridine rings is 1. The molecule has 0 unspecified atom stereocenters. The van der Waals surface area contributed by atoms with E-state index < -0.39 is 0 Å². The molecule has 0 saturated carbocycles. The molecule has 1 aliphatic rings. The molecule has 0 atom stereocenters. The zero-order valence-corrected chi connectivity index (χ0v) is 9.17. The lowest BCUT2D eigenvalue weighted by Gasteiger charge is -2.29. The summed E-state index contributed by atoms with van der Waals surface area (Å²) in [6.45, 7) is 3.14. The Labute approximate surface area is 94.0 Å². The van der Waals surface area contributed by atoms with Crippen molar-refractivity contribution < 1.29 is 4.74 Å². The van der Waals surface area contributed by atoms with Gasteiger partial charge in [0.15, 0.2) is 0 Å². The summed E-state index contributed by atoms with van der Waals surface area (Å²) in [5, 5.41) is 0. The largest absolute Gasteiger partial charge is 0.389 e. The molecule has 0 amide bonds. The summed E-state index contributed by atoms with van der Waals surface area (Å²) in [6, 6.07) is 3.75.